The minimum Gasteiger partial charge on any atom is -0.457 e. The van der Waals surface area contributed by atoms with E-state index in [2.05, 4.69) is 26.0 Å². The number of esters is 1. The molecule has 0 saturated carbocycles. The fourth-order valence-electron chi connectivity index (χ4n) is 7.61. The molecule has 0 bridgehead atoms. The Kier molecular flexibility index (Phi) is 38.2. The molecule has 338 valence electrons. The van der Waals surface area contributed by atoms with Gasteiger partial charge in [-0.25, -0.2) is 0 Å². The number of aliphatic hydroxyl groups is 4. The number of ether oxygens (including phenoxy) is 4. The molecule has 4 N–H and O–H groups in total. The smallest absolute Gasteiger partial charge is 0.306 e. The van der Waals surface area contributed by atoms with Crippen molar-refractivity contribution < 1.29 is 44.2 Å². The second kappa shape index (κ2) is 40.3. The Bertz CT molecular complexity index is 884. The average Bonchev–Trinajstić information content (AvgIpc) is 3.21. The predicted molar refractivity (Wildman–Crippen MR) is 233 cm³/mol. The number of aliphatic hydroxyl groups excluding tert-OH is 4. The van der Waals surface area contributed by atoms with Crippen LogP contribution in [0.2, 0.25) is 0 Å². The molecule has 0 amide bonds. The molecular formula is C48H92O9. The Hall–Kier alpha value is -1.07. The summed E-state index contributed by atoms with van der Waals surface area (Å²) in [6, 6.07) is 0. The van der Waals surface area contributed by atoms with Gasteiger partial charge in [0.1, 0.15) is 30.5 Å². The molecule has 57 heavy (non-hydrogen) atoms. The van der Waals surface area contributed by atoms with Crippen molar-refractivity contribution in [1.29, 1.82) is 0 Å². The van der Waals surface area contributed by atoms with Crippen LogP contribution in [0.4, 0.5) is 0 Å². The lowest BCUT2D eigenvalue weighted by Gasteiger charge is -2.39. The maximum atomic E-state index is 12.8. The van der Waals surface area contributed by atoms with Crippen LogP contribution in [0, 0.1) is 0 Å². The second-order valence-corrected chi connectivity index (χ2v) is 16.9. The fraction of sp³-hybridized carbons (Fsp3) is 0.938. The molecule has 9 heteroatoms. The molecule has 1 heterocycles. The first-order valence-electron chi connectivity index (χ1n) is 24.3. The van der Waals surface area contributed by atoms with Crippen molar-refractivity contribution in [2.45, 2.75) is 263 Å². The number of carbonyl (C=O) groups is 1. The van der Waals surface area contributed by atoms with E-state index >= 15 is 0 Å². The molecule has 0 aromatic heterocycles. The third-order valence-electron chi connectivity index (χ3n) is 11.4. The Morgan fingerprint density at radius 3 is 1.44 bits per heavy atom. The summed E-state index contributed by atoms with van der Waals surface area (Å²) >= 11 is 0. The highest BCUT2D eigenvalue weighted by molar-refractivity contribution is 5.69. The van der Waals surface area contributed by atoms with E-state index in [1.54, 1.807) is 0 Å². The molecule has 1 aliphatic rings. The number of rotatable bonds is 42. The van der Waals surface area contributed by atoms with Gasteiger partial charge in [-0.05, 0) is 38.5 Å². The number of hydrogen-bond donors (Lipinski definition) is 4. The van der Waals surface area contributed by atoms with Gasteiger partial charge in [0, 0.05) is 13.0 Å². The minimum absolute atomic E-state index is 0.111. The van der Waals surface area contributed by atoms with Crippen LogP contribution in [0.5, 0.6) is 0 Å². The first-order chi connectivity index (χ1) is 27.9. The van der Waals surface area contributed by atoms with E-state index in [0.717, 1.165) is 44.9 Å². The molecule has 0 aliphatic carbocycles. The van der Waals surface area contributed by atoms with Crippen molar-refractivity contribution in [2.24, 2.45) is 0 Å². The summed E-state index contributed by atoms with van der Waals surface area (Å²) in [5.74, 6) is -0.318. The summed E-state index contributed by atoms with van der Waals surface area (Å²) in [4.78, 5) is 12.8. The van der Waals surface area contributed by atoms with E-state index in [4.69, 9.17) is 18.9 Å². The summed E-state index contributed by atoms with van der Waals surface area (Å²) < 4.78 is 22.8. The zero-order valence-electron chi connectivity index (χ0n) is 37.1. The average molecular weight is 813 g/mol. The normalized spacial score (nSPS) is 20.4. The van der Waals surface area contributed by atoms with Crippen LogP contribution in [0.1, 0.15) is 226 Å². The largest absolute Gasteiger partial charge is 0.457 e. The van der Waals surface area contributed by atoms with Crippen LogP contribution < -0.4 is 0 Å². The van der Waals surface area contributed by atoms with E-state index in [0.29, 0.717) is 13.0 Å². The molecule has 0 radical (unpaired) electrons. The van der Waals surface area contributed by atoms with E-state index < -0.39 is 43.4 Å². The summed E-state index contributed by atoms with van der Waals surface area (Å²) in [5, 5.41) is 40.1. The lowest BCUT2D eigenvalue weighted by Crippen LogP contribution is -2.59. The van der Waals surface area contributed by atoms with Gasteiger partial charge in [-0.2, -0.15) is 0 Å². The number of unbranched alkanes of at least 4 members (excludes halogenated alkanes) is 29. The molecule has 0 aromatic rings. The minimum atomic E-state index is -1.53. The van der Waals surface area contributed by atoms with Crippen molar-refractivity contribution >= 4 is 5.97 Å². The van der Waals surface area contributed by atoms with Gasteiger partial charge in [0.15, 0.2) is 6.29 Å². The fourth-order valence-corrected chi connectivity index (χ4v) is 7.61. The Morgan fingerprint density at radius 1 is 0.544 bits per heavy atom. The third kappa shape index (κ3) is 31.5. The Balaban J connectivity index is 2.19. The molecule has 6 unspecified atom stereocenters. The van der Waals surface area contributed by atoms with Gasteiger partial charge >= 0.3 is 5.97 Å². The van der Waals surface area contributed by atoms with Gasteiger partial charge in [-0.3, -0.25) is 4.79 Å². The predicted octanol–water partition coefficient (Wildman–Crippen LogP) is 11.2. The van der Waals surface area contributed by atoms with E-state index in [-0.39, 0.29) is 19.2 Å². The van der Waals surface area contributed by atoms with Crippen LogP contribution in [0.15, 0.2) is 12.2 Å². The highest BCUT2D eigenvalue weighted by Crippen LogP contribution is 2.23. The van der Waals surface area contributed by atoms with E-state index in [1.165, 1.54) is 161 Å². The van der Waals surface area contributed by atoms with Crippen molar-refractivity contribution in [3.8, 4) is 0 Å². The van der Waals surface area contributed by atoms with Crippen LogP contribution in [0.3, 0.4) is 0 Å². The first-order valence-corrected chi connectivity index (χ1v) is 24.3. The highest BCUT2D eigenvalue weighted by atomic mass is 16.7. The number of hydrogen-bond acceptors (Lipinski definition) is 9. The molecule has 1 fully saturated rings. The zero-order chi connectivity index (χ0) is 41.4. The van der Waals surface area contributed by atoms with Gasteiger partial charge in [0.2, 0.25) is 0 Å². The van der Waals surface area contributed by atoms with Crippen LogP contribution >= 0.6 is 0 Å². The molecule has 6 atom stereocenters. The molecular weight excluding hydrogens is 721 g/mol. The zero-order valence-corrected chi connectivity index (χ0v) is 37.1. The van der Waals surface area contributed by atoms with Crippen molar-refractivity contribution in [1.82, 2.24) is 0 Å². The van der Waals surface area contributed by atoms with Gasteiger partial charge in [0.05, 0.1) is 19.8 Å². The summed E-state index contributed by atoms with van der Waals surface area (Å²) in [6.45, 7) is 4.57. The highest BCUT2D eigenvalue weighted by Gasteiger charge is 2.44. The molecule has 1 saturated heterocycles. The standard InChI is InChI=1S/C48H92O9/c1-3-5-7-9-11-13-15-17-18-19-20-21-22-23-24-26-28-30-32-34-36-38-54-40-42(41-55-48-47(53)46(52)45(51)43(39-49)57-48)56-44(50)37-35-33-31-29-27-25-16-14-12-10-8-6-4-2/h14,16,42-43,45-49,51-53H,3-13,15,17-41H2,1-2H3/b16-14-. The quantitative estimate of drug-likeness (QED) is 0.0270. The molecule has 0 spiro atoms. The maximum Gasteiger partial charge on any atom is 0.306 e. The van der Waals surface area contributed by atoms with Crippen LogP contribution in [-0.4, -0.2) is 89.6 Å². The van der Waals surface area contributed by atoms with E-state index in [1.807, 2.05) is 0 Å². The topological polar surface area (TPSA) is 135 Å². The van der Waals surface area contributed by atoms with Crippen LogP contribution in [0.25, 0.3) is 0 Å². The number of carbonyl (C=O) groups excluding carboxylic acids is 1. The summed E-state index contributed by atoms with van der Waals surface area (Å²) in [5.41, 5.74) is 0. The Labute approximate surface area is 350 Å². The van der Waals surface area contributed by atoms with E-state index in [9.17, 15) is 25.2 Å². The van der Waals surface area contributed by atoms with Crippen molar-refractivity contribution in [3.63, 3.8) is 0 Å². The molecule has 1 aliphatic heterocycles. The molecule has 0 aromatic carbocycles. The van der Waals surface area contributed by atoms with Gasteiger partial charge in [0.25, 0.3) is 0 Å². The van der Waals surface area contributed by atoms with Crippen molar-refractivity contribution in [3.05, 3.63) is 12.2 Å². The Morgan fingerprint density at radius 2 is 0.965 bits per heavy atom. The molecule has 9 nitrogen and oxygen atoms in total. The van der Waals surface area contributed by atoms with Crippen molar-refractivity contribution in [2.75, 3.05) is 26.4 Å². The second-order valence-electron chi connectivity index (χ2n) is 16.9. The van der Waals surface area contributed by atoms with Gasteiger partial charge in [-0.1, -0.05) is 193 Å². The molecule has 1 rings (SSSR count). The lowest BCUT2D eigenvalue weighted by molar-refractivity contribution is -0.305. The van der Waals surface area contributed by atoms with Gasteiger partial charge < -0.3 is 39.4 Å². The lowest BCUT2D eigenvalue weighted by atomic mass is 9.99. The van der Waals surface area contributed by atoms with Crippen LogP contribution in [-0.2, 0) is 23.7 Å². The summed E-state index contributed by atoms with van der Waals surface area (Å²) in [6.07, 6.45) is 38.2. The van der Waals surface area contributed by atoms with Gasteiger partial charge in [-0.15, -0.1) is 0 Å². The first kappa shape index (κ1) is 53.9. The number of allylic oxidation sites excluding steroid dienone is 2. The maximum absolute atomic E-state index is 12.8. The SMILES string of the molecule is CCCCCC/C=C\CCCCCCCC(=O)OC(COCCCCCCCCCCCCCCCCCCCCCCC)COC1OC(CO)C(O)C(O)C1O. The summed E-state index contributed by atoms with van der Waals surface area (Å²) in [7, 11) is 0. The third-order valence-corrected chi connectivity index (χ3v) is 11.4. The monoisotopic (exact) mass is 813 g/mol.